The first kappa shape index (κ1) is 11.0. The van der Waals surface area contributed by atoms with E-state index in [2.05, 4.69) is 0 Å². The Balaban J connectivity index is 2.11. The number of hydrogen-bond acceptors (Lipinski definition) is 0. The van der Waals surface area contributed by atoms with Crippen LogP contribution >= 0.6 is 0 Å². The Morgan fingerprint density at radius 3 is 1.23 bits per heavy atom. The summed E-state index contributed by atoms with van der Waals surface area (Å²) in [6, 6.07) is 0. The van der Waals surface area contributed by atoms with Gasteiger partial charge in [-0.25, -0.2) is 4.39 Å². The third-order valence-electron chi connectivity index (χ3n) is 3.03. The lowest BCUT2D eigenvalue weighted by atomic mass is 10.0. The molecule has 0 bridgehead atoms. The van der Waals surface area contributed by atoms with Crippen LogP contribution in [0.2, 0.25) is 0 Å². The van der Waals surface area contributed by atoms with Gasteiger partial charge in [-0.2, -0.15) is 0 Å². The minimum absolute atomic E-state index is 0.501. The summed E-state index contributed by atoms with van der Waals surface area (Å²) in [7, 11) is 0. The van der Waals surface area contributed by atoms with Gasteiger partial charge in [0, 0.05) is 0 Å². The van der Waals surface area contributed by atoms with Crippen LogP contribution in [0.1, 0.15) is 70.6 Å². The van der Waals surface area contributed by atoms with Crippen LogP contribution in [-0.2, 0) is 0 Å². The molecule has 13 heavy (non-hydrogen) atoms. The van der Waals surface area contributed by atoms with Crippen LogP contribution in [0.5, 0.6) is 0 Å². The van der Waals surface area contributed by atoms with E-state index in [-0.39, 0.29) is 0 Å². The summed E-state index contributed by atoms with van der Waals surface area (Å²) in [6.07, 6.45) is 12.7. The standard InChI is InChI=1S/C12H23F/c13-12-10-8-6-4-2-1-3-5-7-9-11-12/h12H,1-11H2. The lowest BCUT2D eigenvalue weighted by molar-refractivity contribution is 0.277. The molecule has 78 valence electrons. The van der Waals surface area contributed by atoms with Gasteiger partial charge in [-0.1, -0.05) is 57.8 Å². The first-order chi connectivity index (χ1) is 6.39. The Kier molecular flexibility index (Phi) is 6.22. The molecule has 1 aliphatic rings. The number of alkyl halides is 1. The number of hydrogen-bond donors (Lipinski definition) is 0. The molecule has 0 aliphatic heterocycles. The Hall–Kier alpha value is -0.0700. The molecule has 1 fully saturated rings. The molecule has 0 saturated heterocycles. The second-order valence-corrected chi connectivity index (χ2v) is 4.36. The smallest absolute Gasteiger partial charge is 0.100 e. The summed E-state index contributed by atoms with van der Waals surface area (Å²) < 4.78 is 13.2. The molecule has 0 aromatic heterocycles. The molecule has 0 aromatic rings. The van der Waals surface area contributed by atoms with Gasteiger partial charge in [0.05, 0.1) is 0 Å². The van der Waals surface area contributed by atoms with Crippen LogP contribution in [0.25, 0.3) is 0 Å². The summed E-state index contributed by atoms with van der Waals surface area (Å²) in [6.45, 7) is 0. The zero-order valence-electron chi connectivity index (χ0n) is 8.73. The Bertz CT molecular complexity index is 99.7. The maximum atomic E-state index is 13.2. The van der Waals surface area contributed by atoms with Crippen molar-refractivity contribution in [2.24, 2.45) is 0 Å². The molecule has 0 heterocycles. The van der Waals surface area contributed by atoms with Gasteiger partial charge in [0.1, 0.15) is 6.17 Å². The lowest BCUT2D eigenvalue weighted by Gasteiger charge is -2.09. The van der Waals surface area contributed by atoms with Crippen LogP contribution in [0.4, 0.5) is 4.39 Å². The average Bonchev–Trinajstić information content (AvgIpc) is 2.11. The van der Waals surface area contributed by atoms with Gasteiger partial charge in [-0.15, -0.1) is 0 Å². The van der Waals surface area contributed by atoms with Crippen molar-refractivity contribution in [3.63, 3.8) is 0 Å². The van der Waals surface area contributed by atoms with Crippen LogP contribution in [0, 0.1) is 0 Å². The predicted molar refractivity (Wildman–Crippen MR) is 55.7 cm³/mol. The molecule has 0 unspecified atom stereocenters. The highest BCUT2D eigenvalue weighted by atomic mass is 19.1. The van der Waals surface area contributed by atoms with Crippen molar-refractivity contribution in [3.8, 4) is 0 Å². The van der Waals surface area contributed by atoms with E-state index < -0.39 is 6.17 Å². The van der Waals surface area contributed by atoms with E-state index in [4.69, 9.17) is 0 Å². The van der Waals surface area contributed by atoms with Crippen molar-refractivity contribution in [1.29, 1.82) is 0 Å². The Morgan fingerprint density at radius 2 is 0.846 bits per heavy atom. The first-order valence-corrected chi connectivity index (χ1v) is 6.03. The minimum atomic E-state index is -0.501. The Morgan fingerprint density at radius 1 is 0.538 bits per heavy atom. The maximum absolute atomic E-state index is 13.2. The van der Waals surface area contributed by atoms with Crippen LogP contribution in [0.15, 0.2) is 0 Å². The van der Waals surface area contributed by atoms with E-state index >= 15 is 0 Å². The molecular formula is C12H23F. The van der Waals surface area contributed by atoms with E-state index in [1.54, 1.807) is 0 Å². The summed E-state index contributed by atoms with van der Waals surface area (Å²) in [4.78, 5) is 0. The molecule has 0 atom stereocenters. The molecule has 0 spiro atoms. The topological polar surface area (TPSA) is 0 Å². The van der Waals surface area contributed by atoms with Crippen molar-refractivity contribution in [3.05, 3.63) is 0 Å². The molecule has 1 saturated carbocycles. The molecule has 0 N–H and O–H groups in total. The van der Waals surface area contributed by atoms with Crippen molar-refractivity contribution >= 4 is 0 Å². The monoisotopic (exact) mass is 186 g/mol. The molecular weight excluding hydrogens is 163 g/mol. The van der Waals surface area contributed by atoms with Crippen molar-refractivity contribution in [2.45, 2.75) is 76.8 Å². The lowest BCUT2D eigenvalue weighted by Crippen LogP contribution is -2.00. The summed E-state index contributed by atoms with van der Waals surface area (Å²) in [5, 5.41) is 0. The maximum Gasteiger partial charge on any atom is 0.100 e. The predicted octanol–water partition coefficient (Wildman–Crippen LogP) is 4.63. The fraction of sp³-hybridized carbons (Fsp3) is 1.00. The number of rotatable bonds is 0. The Labute approximate surface area is 81.9 Å². The second kappa shape index (κ2) is 7.34. The van der Waals surface area contributed by atoms with Crippen LogP contribution < -0.4 is 0 Å². The zero-order valence-corrected chi connectivity index (χ0v) is 8.73. The molecule has 1 heteroatoms. The third kappa shape index (κ3) is 6.06. The molecule has 0 aromatic carbocycles. The van der Waals surface area contributed by atoms with Gasteiger partial charge in [-0.3, -0.25) is 0 Å². The summed E-state index contributed by atoms with van der Waals surface area (Å²) in [5.74, 6) is 0. The SMILES string of the molecule is FC1CCCCCCCCCCC1. The summed E-state index contributed by atoms with van der Waals surface area (Å²) in [5.41, 5.74) is 0. The third-order valence-corrected chi connectivity index (χ3v) is 3.03. The zero-order chi connectivity index (χ0) is 9.36. The first-order valence-electron chi connectivity index (χ1n) is 6.03. The van der Waals surface area contributed by atoms with Crippen molar-refractivity contribution in [2.75, 3.05) is 0 Å². The number of halogens is 1. The van der Waals surface area contributed by atoms with E-state index in [0.717, 1.165) is 25.7 Å². The van der Waals surface area contributed by atoms with Crippen molar-refractivity contribution < 1.29 is 4.39 Å². The van der Waals surface area contributed by atoms with Gasteiger partial charge < -0.3 is 0 Å². The van der Waals surface area contributed by atoms with Crippen molar-refractivity contribution in [1.82, 2.24) is 0 Å². The van der Waals surface area contributed by atoms with E-state index in [1.165, 1.54) is 44.9 Å². The molecule has 0 nitrogen and oxygen atoms in total. The van der Waals surface area contributed by atoms with Gasteiger partial charge >= 0.3 is 0 Å². The van der Waals surface area contributed by atoms with E-state index in [9.17, 15) is 4.39 Å². The van der Waals surface area contributed by atoms with Crippen LogP contribution in [0.3, 0.4) is 0 Å². The second-order valence-electron chi connectivity index (χ2n) is 4.36. The normalized spacial score (nSPS) is 24.7. The molecule has 0 amide bonds. The highest BCUT2D eigenvalue weighted by Crippen LogP contribution is 2.18. The molecule has 1 rings (SSSR count). The van der Waals surface area contributed by atoms with E-state index in [0.29, 0.717) is 0 Å². The van der Waals surface area contributed by atoms with Crippen LogP contribution in [-0.4, -0.2) is 6.17 Å². The van der Waals surface area contributed by atoms with Gasteiger partial charge in [0.15, 0.2) is 0 Å². The highest BCUT2D eigenvalue weighted by molar-refractivity contribution is 4.59. The molecule has 1 aliphatic carbocycles. The quantitative estimate of drug-likeness (QED) is 0.517. The minimum Gasteiger partial charge on any atom is -0.247 e. The average molecular weight is 186 g/mol. The fourth-order valence-electron chi connectivity index (χ4n) is 2.11. The molecule has 0 radical (unpaired) electrons. The highest BCUT2D eigenvalue weighted by Gasteiger charge is 2.06. The van der Waals surface area contributed by atoms with Gasteiger partial charge in [-0.05, 0) is 12.8 Å². The van der Waals surface area contributed by atoms with E-state index in [1.807, 2.05) is 0 Å². The van der Waals surface area contributed by atoms with Gasteiger partial charge in [0.25, 0.3) is 0 Å². The van der Waals surface area contributed by atoms with Gasteiger partial charge in [0.2, 0.25) is 0 Å². The largest absolute Gasteiger partial charge is 0.247 e. The summed E-state index contributed by atoms with van der Waals surface area (Å²) >= 11 is 0. The fourth-order valence-corrected chi connectivity index (χ4v) is 2.11.